The van der Waals surface area contributed by atoms with E-state index in [0.29, 0.717) is 0 Å². The van der Waals surface area contributed by atoms with E-state index in [9.17, 15) is 22.4 Å². The molecule has 0 amide bonds. The molecule has 6 nitrogen and oxygen atoms in total. The van der Waals surface area contributed by atoms with E-state index in [1.807, 2.05) is 16.5 Å². The largest absolute Gasteiger partial charge is 0.397 e. The second kappa shape index (κ2) is 9.14. The zero-order valence-electron chi connectivity index (χ0n) is 17.3. The highest BCUT2D eigenvalue weighted by atomic mass is 19.4. The van der Waals surface area contributed by atoms with Gasteiger partial charge in [0.05, 0.1) is 17.9 Å². The Morgan fingerprint density at radius 1 is 1.12 bits per heavy atom. The van der Waals surface area contributed by atoms with Crippen molar-refractivity contribution in [1.82, 2.24) is 19.4 Å². The van der Waals surface area contributed by atoms with Crippen LogP contribution in [0.15, 0.2) is 54.9 Å². The molecule has 0 saturated carbocycles. The molecule has 10 heteroatoms. The summed E-state index contributed by atoms with van der Waals surface area (Å²) in [5.74, 6) is -2.24. The number of hydrogen-bond donors (Lipinski definition) is 1. The van der Waals surface area contributed by atoms with Crippen molar-refractivity contribution in [3.63, 3.8) is 0 Å². The number of fused-ring (bicyclic) bond motifs is 1. The van der Waals surface area contributed by atoms with Crippen LogP contribution in [0.2, 0.25) is 0 Å². The first-order chi connectivity index (χ1) is 15.8. The molecule has 0 bridgehead atoms. The summed E-state index contributed by atoms with van der Waals surface area (Å²) >= 11 is 0. The predicted molar refractivity (Wildman–Crippen MR) is 112 cm³/mol. The number of carbonyl (C=O) groups is 1. The lowest BCUT2D eigenvalue weighted by Gasteiger charge is -2.16. The third kappa shape index (κ3) is 4.80. The Morgan fingerprint density at radius 2 is 1.88 bits per heavy atom. The van der Waals surface area contributed by atoms with Gasteiger partial charge in [-0.2, -0.15) is 13.2 Å². The molecular weight excluding hydrogens is 440 g/mol. The van der Waals surface area contributed by atoms with E-state index < -0.39 is 25.1 Å². The van der Waals surface area contributed by atoms with Crippen molar-refractivity contribution < 1.29 is 27.5 Å². The summed E-state index contributed by atoms with van der Waals surface area (Å²) in [5, 5.41) is 16.4. The molecule has 0 fully saturated rings. The van der Waals surface area contributed by atoms with Gasteiger partial charge in [-0.05, 0) is 65.6 Å². The molecule has 3 heterocycles. The van der Waals surface area contributed by atoms with Crippen LogP contribution in [0.3, 0.4) is 0 Å². The molecule has 1 N–H and O–H groups in total. The molecule has 0 radical (unpaired) electrons. The van der Waals surface area contributed by atoms with Crippen LogP contribution in [0.4, 0.5) is 17.6 Å². The molecule has 0 spiro atoms. The van der Waals surface area contributed by atoms with Gasteiger partial charge in [-0.3, -0.25) is 0 Å². The molecule has 0 aliphatic heterocycles. The van der Waals surface area contributed by atoms with Crippen LogP contribution in [0.25, 0.3) is 16.8 Å². The van der Waals surface area contributed by atoms with Gasteiger partial charge in [0.15, 0.2) is 0 Å². The van der Waals surface area contributed by atoms with Crippen LogP contribution in [0, 0.1) is 5.82 Å². The molecule has 4 rings (SSSR count). The molecule has 1 aromatic carbocycles. The summed E-state index contributed by atoms with van der Waals surface area (Å²) < 4.78 is 56.2. The Labute approximate surface area is 186 Å². The highest BCUT2D eigenvalue weighted by molar-refractivity contribution is 5.75. The fourth-order valence-electron chi connectivity index (χ4n) is 3.90. The second-order valence-electron chi connectivity index (χ2n) is 7.67. The molecule has 33 heavy (non-hydrogen) atoms. The Bertz CT molecular complexity index is 1260. The van der Waals surface area contributed by atoms with Gasteiger partial charge in [-0.15, -0.1) is 5.10 Å². The van der Waals surface area contributed by atoms with Crippen LogP contribution in [-0.4, -0.2) is 43.6 Å². The van der Waals surface area contributed by atoms with Gasteiger partial charge in [0.1, 0.15) is 18.0 Å². The number of hydrogen-bond acceptors (Lipinski definition) is 4. The number of aliphatic hydroxyl groups excluding tert-OH is 1. The maximum atomic E-state index is 13.4. The first-order valence-corrected chi connectivity index (χ1v) is 10.2. The fraction of sp³-hybridized carbons (Fsp3) is 0.261. The van der Waals surface area contributed by atoms with Crippen LogP contribution < -0.4 is 0 Å². The summed E-state index contributed by atoms with van der Waals surface area (Å²) in [7, 11) is 0. The second-order valence-corrected chi connectivity index (χ2v) is 7.67. The normalized spacial score (nSPS) is 12.9. The fourth-order valence-corrected chi connectivity index (χ4v) is 3.90. The minimum atomic E-state index is -4.53. The summed E-state index contributed by atoms with van der Waals surface area (Å²) in [6.45, 7) is -0.422. The van der Waals surface area contributed by atoms with E-state index >= 15 is 0 Å². The molecule has 0 aliphatic carbocycles. The number of alkyl halides is 3. The molecular formula is C23H20F4N4O2. The number of nitrogens with zero attached hydrogens (tertiary/aromatic N) is 4. The minimum absolute atomic E-state index is 0.180. The minimum Gasteiger partial charge on any atom is -0.396 e. The van der Waals surface area contributed by atoms with Gasteiger partial charge < -0.3 is 14.3 Å². The van der Waals surface area contributed by atoms with Gasteiger partial charge in [-0.25, -0.2) is 9.07 Å². The van der Waals surface area contributed by atoms with Gasteiger partial charge in [0, 0.05) is 30.9 Å². The van der Waals surface area contributed by atoms with E-state index in [-0.39, 0.29) is 24.5 Å². The van der Waals surface area contributed by atoms with Crippen molar-refractivity contribution in [2.75, 3.05) is 6.61 Å². The van der Waals surface area contributed by atoms with Crippen LogP contribution in [0.1, 0.15) is 29.2 Å². The van der Waals surface area contributed by atoms with Crippen molar-refractivity contribution in [2.24, 2.45) is 0 Å². The summed E-state index contributed by atoms with van der Waals surface area (Å²) in [4.78, 5) is 11.2. The van der Waals surface area contributed by atoms with E-state index in [1.165, 1.54) is 23.0 Å². The van der Waals surface area contributed by atoms with E-state index in [4.69, 9.17) is 5.11 Å². The van der Waals surface area contributed by atoms with Gasteiger partial charge in [0.2, 0.25) is 0 Å². The van der Waals surface area contributed by atoms with Crippen LogP contribution in [0.5, 0.6) is 0 Å². The van der Waals surface area contributed by atoms with Crippen molar-refractivity contribution >= 4 is 11.8 Å². The van der Waals surface area contributed by atoms with Gasteiger partial charge in [0.25, 0.3) is 0 Å². The van der Waals surface area contributed by atoms with Gasteiger partial charge in [-0.1, -0.05) is 5.21 Å². The predicted octanol–water partition coefficient (Wildman–Crippen LogP) is 4.15. The van der Waals surface area contributed by atoms with E-state index in [1.54, 1.807) is 24.4 Å². The number of rotatable bonds is 8. The summed E-state index contributed by atoms with van der Waals surface area (Å²) in [5.41, 5.74) is 3.59. The zero-order chi connectivity index (χ0) is 23.6. The number of pyridine rings is 1. The Morgan fingerprint density at radius 3 is 2.55 bits per heavy atom. The SMILES string of the molecule is O=CCc1cc2cc(Cn3cc(C(CCO)C(F)(F)F)nn3)ccn2c1-c1ccc(F)cc1. The lowest BCUT2D eigenvalue weighted by Crippen LogP contribution is -2.22. The number of halogens is 4. The number of aliphatic hydroxyl groups is 1. The number of aldehydes is 1. The molecule has 3 aromatic heterocycles. The number of benzene rings is 1. The third-order valence-corrected chi connectivity index (χ3v) is 5.41. The highest BCUT2D eigenvalue weighted by Crippen LogP contribution is 2.36. The lowest BCUT2D eigenvalue weighted by molar-refractivity contribution is -0.154. The first kappa shape index (κ1) is 22.7. The van der Waals surface area contributed by atoms with E-state index in [0.717, 1.165) is 34.2 Å². The monoisotopic (exact) mass is 460 g/mol. The number of aromatic nitrogens is 4. The maximum Gasteiger partial charge on any atom is 0.397 e. The van der Waals surface area contributed by atoms with Crippen LogP contribution in [-0.2, 0) is 17.8 Å². The van der Waals surface area contributed by atoms with Crippen molar-refractivity contribution in [3.05, 3.63) is 77.5 Å². The molecule has 0 saturated heterocycles. The van der Waals surface area contributed by atoms with Crippen molar-refractivity contribution in [3.8, 4) is 11.3 Å². The maximum absolute atomic E-state index is 13.4. The Balaban J connectivity index is 1.65. The number of carbonyl (C=O) groups excluding carboxylic acids is 1. The Kier molecular flexibility index (Phi) is 6.28. The van der Waals surface area contributed by atoms with Crippen molar-refractivity contribution in [2.45, 2.75) is 31.5 Å². The third-order valence-electron chi connectivity index (χ3n) is 5.41. The molecule has 172 valence electrons. The summed E-state index contributed by atoms with van der Waals surface area (Å²) in [6.07, 6.45) is -1.01. The smallest absolute Gasteiger partial charge is 0.396 e. The molecule has 0 aliphatic rings. The topological polar surface area (TPSA) is 72.4 Å². The van der Waals surface area contributed by atoms with Crippen molar-refractivity contribution in [1.29, 1.82) is 0 Å². The molecule has 4 aromatic rings. The molecule has 1 atom stereocenters. The average molecular weight is 460 g/mol. The zero-order valence-corrected chi connectivity index (χ0v) is 17.3. The quantitative estimate of drug-likeness (QED) is 0.317. The Hall–Kier alpha value is -3.53. The average Bonchev–Trinajstić information content (AvgIpc) is 3.36. The van der Waals surface area contributed by atoms with Gasteiger partial charge >= 0.3 is 6.18 Å². The lowest BCUT2D eigenvalue weighted by atomic mass is 10.0. The summed E-state index contributed by atoms with van der Waals surface area (Å²) in [6, 6.07) is 11.5. The van der Waals surface area contributed by atoms with Crippen LogP contribution >= 0.6 is 0 Å². The highest BCUT2D eigenvalue weighted by Gasteiger charge is 2.42. The molecule has 1 unspecified atom stereocenters. The first-order valence-electron chi connectivity index (χ1n) is 10.2. The standard InChI is InChI=1S/C23H20F4N4O2/c24-18-3-1-16(2-4-18)22-17(6-9-32)12-19-11-15(5-8-31(19)22)13-30-14-21(28-29-30)20(7-10-33)23(25,26)27/h1-5,8-9,11-12,14,20,33H,6-7,10,13H2. The van der Waals surface area contributed by atoms with E-state index in [2.05, 4.69) is 10.3 Å².